The highest BCUT2D eigenvalue weighted by molar-refractivity contribution is 5.79. The molecule has 0 radical (unpaired) electrons. The van der Waals surface area contributed by atoms with Crippen molar-refractivity contribution in [3.05, 3.63) is 48.5 Å². The average Bonchev–Trinajstić information content (AvgIpc) is 3.06. The normalized spacial score (nSPS) is 28.8. The minimum absolute atomic E-state index is 0.107. The number of nitrogens with one attached hydrogen (secondary N) is 1. The Morgan fingerprint density at radius 1 is 1.29 bits per heavy atom. The molecule has 1 amide bonds. The summed E-state index contributed by atoms with van der Waals surface area (Å²) in [5.74, 6) is 0.304. The lowest BCUT2D eigenvalue weighted by atomic mass is 9.80. The second-order valence-corrected chi connectivity index (χ2v) is 7.00. The summed E-state index contributed by atoms with van der Waals surface area (Å²) in [5.41, 5.74) is 1.62. The molecule has 0 saturated carbocycles. The molecule has 3 saturated heterocycles. The molecule has 1 N–H and O–H groups in total. The molecule has 126 valence electrons. The lowest BCUT2D eigenvalue weighted by molar-refractivity contribution is 0.0322. The molecule has 5 rings (SSSR count). The molecule has 1 aromatic carbocycles. The van der Waals surface area contributed by atoms with Crippen LogP contribution in [0.2, 0.25) is 0 Å². The van der Waals surface area contributed by atoms with Gasteiger partial charge in [0.25, 0.3) is 0 Å². The molecular formula is C19H22FN3O. The Kier molecular flexibility index (Phi) is 3.88. The van der Waals surface area contributed by atoms with E-state index in [1.54, 1.807) is 23.0 Å². The number of halogens is 1. The predicted octanol–water partition coefficient (Wildman–Crippen LogP) is 3.33. The van der Waals surface area contributed by atoms with E-state index in [2.05, 4.69) is 17.1 Å². The van der Waals surface area contributed by atoms with E-state index in [0.717, 1.165) is 37.1 Å². The molecule has 2 aromatic rings. The van der Waals surface area contributed by atoms with Crippen molar-refractivity contribution in [2.24, 2.45) is 5.92 Å². The maximum absolute atomic E-state index is 13.4. The van der Waals surface area contributed by atoms with E-state index in [1.165, 1.54) is 12.1 Å². The number of aromatic nitrogens is 1. The highest BCUT2D eigenvalue weighted by Crippen LogP contribution is 2.32. The van der Waals surface area contributed by atoms with Gasteiger partial charge in [-0.3, -0.25) is 9.47 Å². The van der Waals surface area contributed by atoms with Gasteiger partial charge in [0.15, 0.2) is 0 Å². The summed E-state index contributed by atoms with van der Waals surface area (Å²) in [4.78, 5) is 15.0. The van der Waals surface area contributed by atoms with Gasteiger partial charge >= 0.3 is 6.03 Å². The number of hydrogen-bond donors (Lipinski definition) is 1. The maximum Gasteiger partial charge on any atom is 0.325 e. The molecule has 0 aliphatic carbocycles. The largest absolute Gasteiger partial charge is 0.333 e. The van der Waals surface area contributed by atoms with Crippen LogP contribution in [-0.2, 0) is 0 Å². The third kappa shape index (κ3) is 2.84. The number of piperidine rings is 3. The first-order chi connectivity index (χ1) is 11.6. The Morgan fingerprint density at radius 3 is 2.88 bits per heavy atom. The Hall–Kier alpha value is -2.14. The number of amides is 1. The van der Waals surface area contributed by atoms with Crippen LogP contribution in [0.4, 0.5) is 9.18 Å². The number of carbonyl (C=O) groups excluding carboxylic acids is 1. The Morgan fingerprint density at radius 2 is 2.17 bits per heavy atom. The summed E-state index contributed by atoms with van der Waals surface area (Å²) < 4.78 is 14.9. The van der Waals surface area contributed by atoms with E-state index in [0.29, 0.717) is 12.0 Å². The fourth-order valence-corrected chi connectivity index (χ4v) is 4.05. The molecule has 2 bridgehead atoms. The molecule has 3 fully saturated rings. The zero-order valence-electron chi connectivity index (χ0n) is 13.8. The molecule has 4 heterocycles. The summed E-state index contributed by atoms with van der Waals surface area (Å²) in [6, 6.07) is 9.00. The lowest BCUT2D eigenvalue weighted by Crippen LogP contribution is -2.60. The van der Waals surface area contributed by atoms with Crippen molar-refractivity contribution in [1.29, 1.82) is 0 Å². The maximum atomic E-state index is 13.4. The van der Waals surface area contributed by atoms with Crippen molar-refractivity contribution in [3.63, 3.8) is 0 Å². The van der Waals surface area contributed by atoms with Crippen LogP contribution < -0.4 is 5.32 Å². The number of rotatable bonds is 2. The topological polar surface area (TPSA) is 37.3 Å². The number of hydrogen-bond acceptors (Lipinski definition) is 2. The van der Waals surface area contributed by atoms with E-state index in [9.17, 15) is 9.18 Å². The second-order valence-electron chi connectivity index (χ2n) is 7.00. The van der Waals surface area contributed by atoms with E-state index in [-0.39, 0.29) is 17.9 Å². The first-order valence-corrected chi connectivity index (χ1v) is 8.59. The van der Waals surface area contributed by atoms with Crippen molar-refractivity contribution in [2.75, 3.05) is 13.1 Å². The average molecular weight is 327 g/mol. The van der Waals surface area contributed by atoms with Gasteiger partial charge in [0.05, 0.1) is 0 Å². The summed E-state index contributed by atoms with van der Waals surface area (Å²) >= 11 is 0. The van der Waals surface area contributed by atoms with E-state index in [4.69, 9.17) is 0 Å². The van der Waals surface area contributed by atoms with Gasteiger partial charge < -0.3 is 5.32 Å². The van der Waals surface area contributed by atoms with Crippen LogP contribution in [0.15, 0.2) is 42.7 Å². The molecular weight excluding hydrogens is 305 g/mol. The van der Waals surface area contributed by atoms with Crippen molar-refractivity contribution in [3.8, 4) is 11.1 Å². The highest BCUT2D eigenvalue weighted by Gasteiger charge is 2.38. The SMILES string of the molecule is CC1CC2CCN1C[C@@H]2NC(=O)n1ccc(-c2cccc(F)c2)c1. The van der Waals surface area contributed by atoms with Gasteiger partial charge in [0, 0.05) is 31.0 Å². The number of nitrogens with zero attached hydrogens (tertiary/aromatic N) is 2. The van der Waals surface area contributed by atoms with Crippen molar-refractivity contribution < 1.29 is 9.18 Å². The van der Waals surface area contributed by atoms with Crippen LogP contribution in [0.1, 0.15) is 19.8 Å². The Balaban J connectivity index is 1.46. The second kappa shape index (κ2) is 6.06. The molecule has 4 nitrogen and oxygen atoms in total. The fraction of sp³-hybridized carbons (Fsp3) is 0.421. The molecule has 1 aromatic heterocycles. The minimum Gasteiger partial charge on any atom is -0.333 e. The number of benzene rings is 1. The highest BCUT2D eigenvalue weighted by atomic mass is 19.1. The third-order valence-corrected chi connectivity index (χ3v) is 5.45. The summed E-state index contributed by atoms with van der Waals surface area (Å²) in [5, 5.41) is 3.17. The van der Waals surface area contributed by atoms with Gasteiger partial charge in [-0.15, -0.1) is 0 Å². The Labute approximate surface area is 141 Å². The fourth-order valence-electron chi connectivity index (χ4n) is 4.05. The smallest absolute Gasteiger partial charge is 0.325 e. The van der Waals surface area contributed by atoms with E-state index >= 15 is 0 Å². The van der Waals surface area contributed by atoms with Crippen LogP contribution >= 0.6 is 0 Å². The zero-order chi connectivity index (χ0) is 16.7. The number of fused-ring (bicyclic) bond motifs is 3. The zero-order valence-corrected chi connectivity index (χ0v) is 13.8. The van der Waals surface area contributed by atoms with Crippen LogP contribution in [0, 0.1) is 11.7 Å². The van der Waals surface area contributed by atoms with Crippen molar-refractivity contribution in [1.82, 2.24) is 14.8 Å². The molecule has 5 heteroatoms. The summed E-state index contributed by atoms with van der Waals surface area (Å²) in [7, 11) is 0. The van der Waals surface area contributed by atoms with Gasteiger partial charge in [0.1, 0.15) is 5.82 Å². The molecule has 24 heavy (non-hydrogen) atoms. The first kappa shape index (κ1) is 15.4. The standard InChI is InChI=1S/C19H22FN3O/c1-13-9-15-5-7-22(13)12-18(15)21-19(24)23-8-6-16(11-23)14-3-2-4-17(20)10-14/h2-4,6,8,10-11,13,15,18H,5,7,9,12H2,1H3,(H,21,24)/t13?,15?,18-/m0/s1. The quantitative estimate of drug-likeness (QED) is 0.918. The molecule has 4 atom stereocenters. The van der Waals surface area contributed by atoms with Gasteiger partial charge in [0.2, 0.25) is 0 Å². The van der Waals surface area contributed by atoms with Crippen molar-refractivity contribution in [2.45, 2.75) is 31.8 Å². The monoisotopic (exact) mass is 327 g/mol. The number of carbonyl (C=O) groups is 1. The van der Waals surface area contributed by atoms with Gasteiger partial charge in [-0.05, 0) is 61.6 Å². The minimum atomic E-state index is -0.272. The third-order valence-electron chi connectivity index (χ3n) is 5.45. The van der Waals surface area contributed by atoms with Crippen molar-refractivity contribution >= 4 is 6.03 Å². The predicted molar refractivity (Wildman–Crippen MR) is 91.3 cm³/mol. The van der Waals surface area contributed by atoms with Gasteiger partial charge in [-0.25, -0.2) is 9.18 Å². The van der Waals surface area contributed by atoms with Gasteiger partial charge in [-0.2, -0.15) is 0 Å². The van der Waals surface area contributed by atoms with Crippen LogP contribution in [-0.4, -0.2) is 40.7 Å². The molecule has 3 aliphatic heterocycles. The molecule has 3 unspecified atom stereocenters. The lowest BCUT2D eigenvalue weighted by Gasteiger charge is -2.48. The van der Waals surface area contributed by atoms with E-state index in [1.807, 2.05) is 12.1 Å². The van der Waals surface area contributed by atoms with Crippen LogP contribution in [0.3, 0.4) is 0 Å². The first-order valence-electron chi connectivity index (χ1n) is 8.59. The molecule has 3 aliphatic rings. The van der Waals surface area contributed by atoms with E-state index < -0.39 is 0 Å². The van der Waals surface area contributed by atoms with Gasteiger partial charge in [-0.1, -0.05) is 12.1 Å². The Bertz CT molecular complexity index is 757. The van der Waals surface area contributed by atoms with Crippen LogP contribution in [0.25, 0.3) is 11.1 Å². The summed E-state index contributed by atoms with van der Waals surface area (Å²) in [6.07, 6.45) is 5.81. The van der Waals surface area contributed by atoms with Crippen LogP contribution in [0.5, 0.6) is 0 Å². The molecule has 0 spiro atoms. The summed E-state index contributed by atoms with van der Waals surface area (Å²) in [6.45, 7) is 4.35.